The van der Waals surface area contributed by atoms with Gasteiger partial charge < -0.3 is 5.11 Å². The molecule has 1 aliphatic carbocycles. The van der Waals surface area contributed by atoms with Gasteiger partial charge in [-0.25, -0.2) is 0 Å². The van der Waals surface area contributed by atoms with Crippen LogP contribution in [-0.4, -0.2) is 16.0 Å². The Morgan fingerprint density at radius 3 is 2.23 bits per heavy atom. The van der Waals surface area contributed by atoms with Gasteiger partial charge in [-0.05, 0) is 31.6 Å². The number of alkyl halides is 1. The minimum absolute atomic E-state index is 0.0714. The molecule has 1 rings (SSSR count). The first-order chi connectivity index (χ1) is 5.66. The Labute approximate surface area is 84.3 Å². The van der Waals surface area contributed by atoms with Gasteiger partial charge in [0.1, 0.15) is 0 Å². The third-order valence-corrected chi connectivity index (χ3v) is 3.18. The quantitative estimate of drug-likeness (QED) is 0.718. The molecule has 0 unspecified atom stereocenters. The lowest BCUT2D eigenvalue weighted by atomic mass is 10.0. The normalized spacial score (nSPS) is 31.5. The third-order valence-electron chi connectivity index (χ3n) is 3.02. The van der Waals surface area contributed by atoms with Crippen LogP contribution in [0.3, 0.4) is 0 Å². The Bertz CT molecular complexity index is 228. The molecule has 76 valence electrons. The van der Waals surface area contributed by atoms with E-state index in [1.807, 2.05) is 27.7 Å². The predicted molar refractivity (Wildman–Crippen MR) is 52.9 cm³/mol. The molecule has 1 N–H and O–H groups in total. The molecule has 0 aliphatic heterocycles. The van der Waals surface area contributed by atoms with E-state index >= 15 is 0 Å². The fraction of sp³-hybridized carbons (Fsp3) is 0.900. The van der Waals surface area contributed by atoms with Crippen molar-refractivity contribution in [2.24, 2.45) is 17.3 Å². The average molecular weight is 205 g/mol. The number of aliphatic carboxylic acids is 1. The minimum atomic E-state index is -0.684. The van der Waals surface area contributed by atoms with Crippen LogP contribution < -0.4 is 0 Å². The summed E-state index contributed by atoms with van der Waals surface area (Å²) in [5, 5.41) is 8.91. The van der Waals surface area contributed by atoms with Crippen LogP contribution in [0.2, 0.25) is 0 Å². The van der Waals surface area contributed by atoms with Crippen molar-refractivity contribution in [2.45, 2.75) is 39.0 Å². The highest BCUT2D eigenvalue weighted by Gasteiger charge is 2.62. The molecule has 1 aliphatic rings. The summed E-state index contributed by atoms with van der Waals surface area (Å²) in [7, 11) is 0. The lowest BCUT2D eigenvalue weighted by molar-refractivity contribution is -0.139. The van der Waals surface area contributed by atoms with E-state index in [-0.39, 0.29) is 22.1 Å². The average Bonchev–Trinajstić information content (AvgIpc) is 2.28. The maximum absolute atomic E-state index is 10.8. The summed E-state index contributed by atoms with van der Waals surface area (Å²) in [5.74, 6) is -0.654. The van der Waals surface area contributed by atoms with Crippen LogP contribution in [-0.2, 0) is 4.79 Å². The van der Waals surface area contributed by atoms with Gasteiger partial charge in [-0.2, -0.15) is 0 Å². The largest absolute Gasteiger partial charge is 0.481 e. The topological polar surface area (TPSA) is 37.3 Å². The highest BCUT2D eigenvalue weighted by atomic mass is 35.5. The highest BCUT2D eigenvalue weighted by molar-refractivity contribution is 6.23. The first kappa shape index (κ1) is 10.8. The standard InChI is InChI=1S/C10H17ClO2/c1-9(2,11)5-6-7(8(12)13)10(6,3)4/h6-7H,5H2,1-4H3,(H,12,13)/t6-,7+/m1/s1. The van der Waals surface area contributed by atoms with Crippen molar-refractivity contribution >= 4 is 17.6 Å². The minimum Gasteiger partial charge on any atom is -0.481 e. The van der Waals surface area contributed by atoms with Gasteiger partial charge in [0.05, 0.1) is 5.92 Å². The van der Waals surface area contributed by atoms with Gasteiger partial charge >= 0.3 is 5.97 Å². The van der Waals surface area contributed by atoms with Gasteiger partial charge in [0.25, 0.3) is 0 Å². The van der Waals surface area contributed by atoms with Crippen LogP contribution in [0.25, 0.3) is 0 Å². The Kier molecular flexibility index (Phi) is 2.40. The van der Waals surface area contributed by atoms with Crippen molar-refractivity contribution < 1.29 is 9.90 Å². The van der Waals surface area contributed by atoms with Gasteiger partial charge in [0, 0.05) is 4.87 Å². The maximum atomic E-state index is 10.8. The molecule has 0 aromatic carbocycles. The van der Waals surface area contributed by atoms with E-state index in [1.54, 1.807) is 0 Å². The number of carbonyl (C=O) groups is 1. The monoisotopic (exact) mass is 204 g/mol. The first-order valence-electron chi connectivity index (χ1n) is 4.58. The molecule has 0 aromatic rings. The Balaban J connectivity index is 2.61. The van der Waals surface area contributed by atoms with Gasteiger partial charge in [-0.3, -0.25) is 4.79 Å². The van der Waals surface area contributed by atoms with Crippen molar-refractivity contribution in [3.63, 3.8) is 0 Å². The Hall–Kier alpha value is -0.240. The smallest absolute Gasteiger partial charge is 0.307 e. The third kappa shape index (κ3) is 2.16. The summed E-state index contributed by atoms with van der Waals surface area (Å²) in [4.78, 5) is 10.5. The van der Waals surface area contributed by atoms with Crippen LogP contribution in [0.1, 0.15) is 34.1 Å². The van der Waals surface area contributed by atoms with Crippen molar-refractivity contribution in [2.75, 3.05) is 0 Å². The molecule has 2 atom stereocenters. The summed E-state index contributed by atoms with van der Waals surface area (Å²) in [6.45, 7) is 7.86. The molecule has 13 heavy (non-hydrogen) atoms. The van der Waals surface area contributed by atoms with E-state index < -0.39 is 5.97 Å². The van der Waals surface area contributed by atoms with Crippen molar-refractivity contribution in [3.05, 3.63) is 0 Å². The highest BCUT2D eigenvalue weighted by Crippen LogP contribution is 2.61. The second-order valence-corrected chi connectivity index (χ2v) is 6.19. The Morgan fingerprint density at radius 1 is 1.54 bits per heavy atom. The number of carboxylic acid groups (broad SMARTS) is 1. The van der Waals surface area contributed by atoms with Crippen LogP contribution >= 0.6 is 11.6 Å². The molecule has 2 nitrogen and oxygen atoms in total. The summed E-state index contributed by atoms with van der Waals surface area (Å²) in [6, 6.07) is 0. The molecule has 3 heteroatoms. The molecular formula is C10H17ClO2. The molecule has 0 saturated heterocycles. The molecule has 0 amide bonds. The summed E-state index contributed by atoms with van der Waals surface area (Å²) >= 11 is 6.07. The predicted octanol–water partition coefficient (Wildman–Crippen LogP) is 2.75. The van der Waals surface area contributed by atoms with Crippen LogP contribution in [0.4, 0.5) is 0 Å². The van der Waals surface area contributed by atoms with Crippen LogP contribution in [0.15, 0.2) is 0 Å². The molecule has 0 radical (unpaired) electrons. The van der Waals surface area contributed by atoms with Gasteiger partial charge in [-0.1, -0.05) is 13.8 Å². The van der Waals surface area contributed by atoms with E-state index in [9.17, 15) is 4.79 Å². The van der Waals surface area contributed by atoms with Crippen molar-refractivity contribution in [1.29, 1.82) is 0 Å². The second-order valence-electron chi connectivity index (χ2n) is 5.17. The van der Waals surface area contributed by atoms with Gasteiger partial charge in [0.15, 0.2) is 0 Å². The van der Waals surface area contributed by atoms with Gasteiger partial charge in [0.2, 0.25) is 0 Å². The molecule has 0 bridgehead atoms. The summed E-state index contributed by atoms with van der Waals surface area (Å²) in [6.07, 6.45) is 0.776. The summed E-state index contributed by atoms with van der Waals surface area (Å²) < 4.78 is 0. The van der Waals surface area contributed by atoms with E-state index in [0.29, 0.717) is 0 Å². The number of hydrogen-bond acceptors (Lipinski definition) is 1. The van der Waals surface area contributed by atoms with E-state index in [4.69, 9.17) is 16.7 Å². The Morgan fingerprint density at radius 2 is 2.00 bits per heavy atom. The zero-order chi connectivity index (χ0) is 10.4. The number of halogens is 1. The second kappa shape index (κ2) is 2.88. The lowest BCUT2D eigenvalue weighted by Crippen LogP contribution is -2.13. The molecule has 1 saturated carbocycles. The van der Waals surface area contributed by atoms with Crippen molar-refractivity contribution in [1.82, 2.24) is 0 Å². The van der Waals surface area contributed by atoms with E-state index in [2.05, 4.69) is 0 Å². The van der Waals surface area contributed by atoms with E-state index in [0.717, 1.165) is 6.42 Å². The fourth-order valence-electron chi connectivity index (χ4n) is 2.14. The lowest BCUT2D eigenvalue weighted by Gasteiger charge is -2.15. The SMILES string of the molecule is CC(C)(Cl)C[C@@H]1[C@@H](C(=O)O)C1(C)C. The molecule has 0 heterocycles. The molecular weight excluding hydrogens is 188 g/mol. The first-order valence-corrected chi connectivity index (χ1v) is 4.96. The molecule has 1 fully saturated rings. The van der Waals surface area contributed by atoms with Gasteiger partial charge in [-0.15, -0.1) is 11.6 Å². The maximum Gasteiger partial charge on any atom is 0.307 e. The number of carboxylic acids is 1. The number of hydrogen-bond donors (Lipinski definition) is 1. The van der Waals surface area contributed by atoms with Crippen LogP contribution in [0, 0.1) is 17.3 Å². The van der Waals surface area contributed by atoms with E-state index in [1.165, 1.54) is 0 Å². The van der Waals surface area contributed by atoms with Crippen molar-refractivity contribution in [3.8, 4) is 0 Å². The zero-order valence-corrected chi connectivity index (χ0v) is 9.35. The molecule has 0 aromatic heterocycles. The zero-order valence-electron chi connectivity index (χ0n) is 8.60. The summed E-state index contributed by atoms with van der Waals surface area (Å²) in [5.41, 5.74) is -0.0714. The fourth-order valence-corrected chi connectivity index (χ4v) is 2.30. The molecule has 0 spiro atoms. The van der Waals surface area contributed by atoms with Crippen LogP contribution in [0.5, 0.6) is 0 Å². The number of rotatable bonds is 3.